The highest BCUT2D eigenvalue weighted by molar-refractivity contribution is 5.94. The number of esters is 1. The fraction of sp³-hybridized carbons (Fsp3) is 0.167. The molecular formula is C12H10O4. The maximum atomic E-state index is 11.3. The van der Waals surface area contributed by atoms with Crippen molar-refractivity contribution in [2.24, 2.45) is 0 Å². The number of benzene rings is 1. The molecule has 0 aliphatic rings. The van der Waals surface area contributed by atoms with Crippen LogP contribution in [0.5, 0.6) is 0 Å². The molecule has 1 heterocycles. The lowest BCUT2D eigenvalue weighted by molar-refractivity contribution is 0.0601. The number of carbonyl (C=O) groups is 1. The number of carbonyl (C=O) groups excluding carboxylic acids is 1. The van der Waals surface area contributed by atoms with E-state index in [1.54, 1.807) is 25.1 Å². The van der Waals surface area contributed by atoms with E-state index in [2.05, 4.69) is 4.74 Å². The summed E-state index contributed by atoms with van der Waals surface area (Å²) in [4.78, 5) is 22.4. The Balaban J connectivity index is 2.71. The molecule has 4 heteroatoms. The molecule has 0 spiro atoms. The Bertz CT molecular complexity index is 610. The lowest BCUT2D eigenvalue weighted by Crippen LogP contribution is -2.02. The molecule has 4 nitrogen and oxygen atoms in total. The smallest absolute Gasteiger partial charge is 0.337 e. The zero-order valence-corrected chi connectivity index (χ0v) is 8.94. The van der Waals surface area contributed by atoms with Gasteiger partial charge in [0.1, 0.15) is 5.58 Å². The summed E-state index contributed by atoms with van der Waals surface area (Å²) in [6, 6.07) is 6.20. The van der Waals surface area contributed by atoms with Crippen molar-refractivity contribution in [3.63, 3.8) is 0 Å². The Labute approximate surface area is 91.4 Å². The first-order valence-electron chi connectivity index (χ1n) is 4.74. The van der Waals surface area contributed by atoms with Gasteiger partial charge in [0.15, 0.2) is 0 Å². The number of aryl methyl sites for hydroxylation is 1. The highest BCUT2D eigenvalue weighted by Gasteiger charge is 2.08. The summed E-state index contributed by atoms with van der Waals surface area (Å²) < 4.78 is 9.62. The summed E-state index contributed by atoms with van der Waals surface area (Å²) in [5, 5.41) is 0.738. The molecule has 16 heavy (non-hydrogen) atoms. The molecule has 0 N–H and O–H groups in total. The fourth-order valence-electron chi connectivity index (χ4n) is 1.56. The van der Waals surface area contributed by atoms with Crippen LogP contribution in [0.2, 0.25) is 0 Å². The van der Waals surface area contributed by atoms with Gasteiger partial charge in [0.2, 0.25) is 0 Å². The van der Waals surface area contributed by atoms with E-state index < -0.39 is 11.6 Å². The van der Waals surface area contributed by atoms with Crippen LogP contribution in [0.3, 0.4) is 0 Å². The molecule has 0 bridgehead atoms. The number of rotatable bonds is 1. The van der Waals surface area contributed by atoms with Crippen LogP contribution in [-0.2, 0) is 4.74 Å². The van der Waals surface area contributed by atoms with Gasteiger partial charge in [-0.2, -0.15) is 0 Å². The monoisotopic (exact) mass is 218 g/mol. The van der Waals surface area contributed by atoms with Crippen LogP contribution >= 0.6 is 0 Å². The summed E-state index contributed by atoms with van der Waals surface area (Å²) in [7, 11) is 1.32. The Morgan fingerprint density at radius 3 is 2.75 bits per heavy atom. The van der Waals surface area contributed by atoms with E-state index in [0.29, 0.717) is 11.1 Å². The highest BCUT2D eigenvalue weighted by Crippen LogP contribution is 2.18. The van der Waals surface area contributed by atoms with Crippen LogP contribution < -0.4 is 5.63 Å². The van der Waals surface area contributed by atoms with Gasteiger partial charge in [-0.1, -0.05) is 0 Å². The maximum Gasteiger partial charge on any atom is 0.337 e. The van der Waals surface area contributed by atoms with Crippen molar-refractivity contribution < 1.29 is 13.9 Å². The first kappa shape index (κ1) is 10.4. The molecule has 2 aromatic rings. The average molecular weight is 218 g/mol. The molecular weight excluding hydrogens is 208 g/mol. The van der Waals surface area contributed by atoms with Crippen LogP contribution in [0.25, 0.3) is 11.0 Å². The second-order valence-electron chi connectivity index (χ2n) is 3.45. The van der Waals surface area contributed by atoms with Gasteiger partial charge in [-0.3, -0.25) is 0 Å². The third kappa shape index (κ3) is 1.69. The molecule has 0 atom stereocenters. The summed E-state index contributed by atoms with van der Waals surface area (Å²) in [5.74, 6) is -0.410. The second kappa shape index (κ2) is 3.81. The van der Waals surface area contributed by atoms with Gasteiger partial charge in [-0.15, -0.1) is 0 Å². The van der Waals surface area contributed by atoms with E-state index >= 15 is 0 Å². The number of hydrogen-bond donors (Lipinski definition) is 0. The Morgan fingerprint density at radius 1 is 1.31 bits per heavy atom. The second-order valence-corrected chi connectivity index (χ2v) is 3.45. The Hall–Kier alpha value is -2.10. The fourth-order valence-corrected chi connectivity index (χ4v) is 1.56. The van der Waals surface area contributed by atoms with Gasteiger partial charge in [0.25, 0.3) is 0 Å². The normalized spacial score (nSPS) is 10.4. The minimum absolute atomic E-state index is 0.393. The third-order valence-corrected chi connectivity index (χ3v) is 2.37. The first-order valence-corrected chi connectivity index (χ1v) is 4.74. The third-order valence-electron chi connectivity index (χ3n) is 2.37. The van der Waals surface area contributed by atoms with Gasteiger partial charge >= 0.3 is 11.6 Å². The van der Waals surface area contributed by atoms with Crippen LogP contribution in [0.1, 0.15) is 15.9 Å². The molecule has 0 saturated heterocycles. The van der Waals surface area contributed by atoms with Gasteiger partial charge < -0.3 is 9.15 Å². The predicted molar refractivity (Wildman–Crippen MR) is 58.6 cm³/mol. The molecule has 0 aliphatic carbocycles. The molecule has 0 fully saturated rings. The molecule has 1 aromatic heterocycles. The number of hydrogen-bond acceptors (Lipinski definition) is 4. The molecule has 0 aliphatic heterocycles. The molecule has 0 saturated carbocycles. The number of ether oxygens (including phenoxy) is 1. The lowest BCUT2D eigenvalue weighted by Gasteiger charge is -2.03. The zero-order chi connectivity index (χ0) is 11.7. The van der Waals surface area contributed by atoms with E-state index in [1.165, 1.54) is 13.2 Å². The van der Waals surface area contributed by atoms with Crippen LogP contribution in [-0.4, -0.2) is 13.1 Å². The van der Waals surface area contributed by atoms with E-state index in [9.17, 15) is 9.59 Å². The van der Waals surface area contributed by atoms with E-state index in [-0.39, 0.29) is 0 Å². The molecule has 0 amide bonds. The van der Waals surface area contributed by atoms with Gasteiger partial charge in [-0.25, -0.2) is 9.59 Å². The average Bonchev–Trinajstić information content (AvgIpc) is 2.27. The SMILES string of the molecule is COC(=O)c1ccc2oc(=O)cc(C)c2c1. The number of fused-ring (bicyclic) bond motifs is 1. The van der Waals surface area contributed by atoms with Crippen molar-refractivity contribution in [1.29, 1.82) is 0 Å². The molecule has 0 unspecified atom stereocenters. The van der Waals surface area contributed by atoms with E-state index in [0.717, 1.165) is 10.9 Å². The Morgan fingerprint density at radius 2 is 2.06 bits per heavy atom. The topological polar surface area (TPSA) is 56.5 Å². The zero-order valence-electron chi connectivity index (χ0n) is 8.94. The van der Waals surface area contributed by atoms with Crippen molar-refractivity contribution >= 4 is 16.9 Å². The lowest BCUT2D eigenvalue weighted by atomic mass is 10.1. The van der Waals surface area contributed by atoms with Crippen molar-refractivity contribution in [3.8, 4) is 0 Å². The first-order chi connectivity index (χ1) is 7.61. The van der Waals surface area contributed by atoms with E-state index in [1.807, 2.05) is 0 Å². The van der Waals surface area contributed by atoms with Gasteiger partial charge in [0.05, 0.1) is 12.7 Å². The summed E-state index contributed by atoms with van der Waals surface area (Å²) >= 11 is 0. The minimum atomic E-state index is -0.410. The highest BCUT2D eigenvalue weighted by atomic mass is 16.5. The molecule has 2 rings (SSSR count). The predicted octanol–water partition coefficient (Wildman–Crippen LogP) is 1.89. The molecule has 1 aromatic carbocycles. The maximum absolute atomic E-state index is 11.3. The Kier molecular flexibility index (Phi) is 2.48. The molecule has 0 radical (unpaired) electrons. The summed E-state index contributed by atoms with van der Waals surface area (Å²) in [6.45, 7) is 1.79. The summed E-state index contributed by atoms with van der Waals surface area (Å²) in [5.41, 5.74) is 1.29. The van der Waals surface area contributed by atoms with Gasteiger partial charge in [0, 0.05) is 11.5 Å². The summed E-state index contributed by atoms with van der Waals surface area (Å²) in [6.07, 6.45) is 0. The number of methoxy groups -OCH3 is 1. The van der Waals surface area contributed by atoms with E-state index in [4.69, 9.17) is 4.42 Å². The van der Waals surface area contributed by atoms with Crippen molar-refractivity contribution in [2.45, 2.75) is 6.92 Å². The van der Waals surface area contributed by atoms with Crippen molar-refractivity contribution in [1.82, 2.24) is 0 Å². The standard InChI is InChI=1S/C12H10O4/c1-7-5-11(13)16-10-4-3-8(6-9(7)10)12(14)15-2/h3-6H,1-2H3. The molecule has 82 valence electrons. The quantitative estimate of drug-likeness (QED) is 0.541. The van der Waals surface area contributed by atoms with Crippen LogP contribution in [0.4, 0.5) is 0 Å². The van der Waals surface area contributed by atoms with Crippen molar-refractivity contribution in [2.75, 3.05) is 7.11 Å². The van der Waals surface area contributed by atoms with Crippen LogP contribution in [0.15, 0.2) is 33.5 Å². The van der Waals surface area contributed by atoms with Crippen molar-refractivity contribution in [3.05, 3.63) is 45.8 Å². The largest absolute Gasteiger partial charge is 0.465 e. The van der Waals surface area contributed by atoms with Gasteiger partial charge in [-0.05, 0) is 30.7 Å². The minimum Gasteiger partial charge on any atom is -0.465 e. The van der Waals surface area contributed by atoms with Crippen LogP contribution in [0, 0.1) is 6.92 Å².